The number of hydrogen-bond donors (Lipinski definition) is 1. The van der Waals surface area contributed by atoms with Crippen molar-refractivity contribution in [2.45, 2.75) is 53.3 Å². The van der Waals surface area contributed by atoms with Gasteiger partial charge in [0.25, 0.3) is 0 Å². The van der Waals surface area contributed by atoms with E-state index in [1.54, 1.807) is 7.11 Å². The summed E-state index contributed by atoms with van der Waals surface area (Å²) < 4.78 is 7.33. The molecule has 0 bridgehead atoms. The lowest BCUT2D eigenvalue weighted by Crippen LogP contribution is -2.18. The first-order valence-electron chi connectivity index (χ1n) is 6.36. The summed E-state index contributed by atoms with van der Waals surface area (Å²) in [6.45, 7) is 11.2. The molecule has 0 saturated heterocycles. The summed E-state index contributed by atoms with van der Waals surface area (Å²) in [5.41, 5.74) is 3.69. The predicted molar refractivity (Wildman–Crippen MR) is 70.2 cm³/mol. The quantitative estimate of drug-likeness (QED) is 0.740. The molecule has 98 valence electrons. The summed E-state index contributed by atoms with van der Waals surface area (Å²) in [5, 5.41) is 8.00. The van der Waals surface area contributed by atoms with Crippen LogP contribution in [-0.4, -0.2) is 29.5 Å². The number of ether oxygens (including phenoxy) is 1. The van der Waals surface area contributed by atoms with Crippen LogP contribution < -0.4 is 5.32 Å². The van der Waals surface area contributed by atoms with Gasteiger partial charge in [0.1, 0.15) is 0 Å². The molecule has 0 amide bonds. The number of methoxy groups -OCH3 is 1. The topological polar surface area (TPSA) is 39.1 Å². The number of nitrogens with zero attached hydrogens (tertiary/aromatic N) is 2. The van der Waals surface area contributed by atoms with Crippen LogP contribution in [0.4, 0.5) is 0 Å². The van der Waals surface area contributed by atoms with Crippen LogP contribution in [0.5, 0.6) is 0 Å². The number of aromatic nitrogens is 2. The molecule has 0 radical (unpaired) electrons. The normalized spacial score (nSPS) is 13.0. The third-order valence-electron chi connectivity index (χ3n) is 3.09. The molecular weight excluding hydrogens is 214 g/mol. The van der Waals surface area contributed by atoms with Crippen LogP contribution >= 0.6 is 0 Å². The van der Waals surface area contributed by atoms with Crippen molar-refractivity contribution in [3.05, 3.63) is 17.0 Å². The average molecular weight is 239 g/mol. The molecule has 1 N–H and O–H groups in total. The van der Waals surface area contributed by atoms with E-state index in [1.807, 2.05) is 4.68 Å². The number of nitrogens with one attached hydrogen (secondary N) is 1. The monoisotopic (exact) mass is 239 g/mol. The summed E-state index contributed by atoms with van der Waals surface area (Å²) in [7, 11) is 1.74. The van der Waals surface area contributed by atoms with Crippen molar-refractivity contribution in [3.63, 3.8) is 0 Å². The first kappa shape index (κ1) is 14.2. The summed E-state index contributed by atoms with van der Waals surface area (Å²) in [4.78, 5) is 0. The smallest absolute Gasteiger partial charge is 0.0739 e. The zero-order chi connectivity index (χ0) is 12.8. The molecule has 4 nitrogen and oxygen atoms in total. The Morgan fingerprint density at radius 2 is 2.12 bits per heavy atom. The van der Waals surface area contributed by atoms with Gasteiger partial charge in [-0.05, 0) is 33.7 Å². The molecule has 4 heteroatoms. The van der Waals surface area contributed by atoms with Crippen molar-refractivity contribution >= 4 is 0 Å². The van der Waals surface area contributed by atoms with E-state index in [9.17, 15) is 0 Å². The Kier molecular flexibility index (Phi) is 5.65. The maximum atomic E-state index is 5.28. The Bertz CT molecular complexity index is 347. The minimum Gasteiger partial charge on any atom is -0.380 e. The molecule has 1 aromatic rings. The van der Waals surface area contributed by atoms with Crippen LogP contribution in [0.3, 0.4) is 0 Å². The second-order valence-electron chi connectivity index (χ2n) is 4.55. The molecule has 0 aliphatic heterocycles. The van der Waals surface area contributed by atoms with Gasteiger partial charge in [-0.2, -0.15) is 5.10 Å². The highest BCUT2D eigenvalue weighted by Crippen LogP contribution is 2.13. The number of hydrogen-bond acceptors (Lipinski definition) is 3. The molecular formula is C13H25N3O. The maximum Gasteiger partial charge on any atom is 0.0739 e. The molecule has 1 heterocycles. The molecule has 0 fully saturated rings. The molecule has 1 atom stereocenters. The minimum absolute atomic E-state index is 0.199. The van der Waals surface area contributed by atoms with Gasteiger partial charge in [0.05, 0.1) is 18.3 Å². The van der Waals surface area contributed by atoms with Crippen molar-refractivity contribution in [3.8, 4) is 0 Å². The van der Waals surface area contributed by atoms with Crippen molar-refractivity contribution in [2.24, 2.45) is 0 Å². The molecule has 0 aromatic carbocycles. The lowest BCUT2D eigenvalue weighted by molar-refractivity contribution is 0.0991. The largest absolute Gasteiger partial charge is 0.380 e. The minimum atomic E-state index is 0.199. The first-order valence-corrected chi connectivity index (χ1v) is 6.36. The molecule has 0 aliphatic carbocycles. The fraction of sp³-hybridized carbons (Fsp3) is 0.769. The maximum absolute atomic E-state index is 5.28. The Labute approximate surface area is 104 Å². The van der Waals surface area contributed by atoms with Gasteiger partial charge in [-0.1, -0.05) is 6.92 Å². The predicted octanol–water partition coefficient (Wildman–Crippen LogP) is 2.03. The van der Waals surface area contributed by atoms with Gasteiger partial charge in [0.15, 0.2) is 0 Å². The molecule has 0 saturated carbocycles. The zero-order valence-electron chi connectivity index (χ0n) is 11.7. The van der Waals surface area contributed by atoms with Crippen molar-refractivity contribution in [1.29, 1.82) is 0 Å². The molecule has 1 rings (SSSR count). The van der Waals surface area contributed by atoms with Gasteiger partial charge in [-0.3, -0.25) is 4.68 Å². The lowest BCUT2D eigenvalue weighted by atomic mass is 10.2. The summed E-state index contributed by atoms with van der Waals surface area (Å²) in [6.07, 6.45) is 1.36. The second-order valence-corrected chi connectivity index (χ2v) is 4.55. The van der Waals surface area contributed by atoms with E-state index < -0.39 is 0 Å². The van der Waals surface area contributed by atoms with Crippen LogP contribution in [-0.2, 0) is 17.8 Å². The van der Waals surface area contributed by atoms with E-state index in [0.29, 0.717) is 0 Å². The Balaban J connectivity index is 2.71. The van der Waals surface area contributed by atoms with Crippen molar-refractivity contribution in [1.82, 2.24) is 15.1 Å². The lowest BCUT2D eigenvalue weighted by Gasteiger charge is -2.11. The number of rotatable bonds is 7. The van der Waals surface area contributed by atoms with E-state index in [0.717, 1.165) is 31.7 Å². The van der Waals surface area contributed by atoms with E-state index in [1.165, 1.54) is 11.3 Å². The van der Waals surface area contributed by atoms with Crippen LogP contribution in [0.2, 0.25) is 0 Å². The standard InChI is InChI=1S/C13H25N3O/c1-6-7-14-8-13-11(3)15-16(12(13)4)9-10(2)17-5/h10,14H,6-9H2,1-5H3. The van der Waals surface area contributed by atoms with Gasteiger partial charge < -0.3 is 10.1 Å². The SMILES string of the molecule is CCCNCc1c(C)nn(CC(C)OC)c1C. The Morgan fingerprint density at radius 3 is 2.71 bits per heavy atom. The van der Waals surface area contributed by atoms with Crippen molar-refractivity contribution < 1.29 is 4.74 Å². The van der Waals surface area contributed by atoms with Gasteiger partial charge in [0.2, 0.25) is 0 Å². The van der Waals surface area contributed by atoms with Gasteiger partial charge in [-0.25, -0.2) is 0 Å². The third kappa shape index (κ3) is 3.82. The van der Waals surface area contributed by atoms with Gasteiger partial charge >= 0.3 is 0 Å². The van der Waals surface area contributed by atoms with Crippen LogP contribution in [0, 0.1) is 13.8 Å². The highest BCUT2D eigenvalue weighted by atomic mass is 16.5. The highest BCUT2D eigenvalue weighted by molar-refractivity contribution is 5.24. The summed E-state index contributed by atoms with van der Waals surface area (Å²) >= 11 is 0. The van der Waals surface area contributed by atoms with Gasteiger partial charge in [0, 0.05) is 24.9 Å². The van der Waals surface area contributed by atoms with E-state index in [2.05, 4.69) is 38.1 Å². The van der Waals surface area contributed by atoms with Crippen molar-refractivity contribution in [2.75, 3.05) is 13.7 Å². The molecule has 1 aromatic heterocycles. The summed E-state index contributed by atoms with van der Waals surface area (Å²) in [5.74, 6) is 0. The first-order chi connectivity index (χ1) is 8.10. The summed E-state index contributed by atoms with van der Waals surface area (Å²) in [6, 6.07) is 0. The van der Waals surface area contributed by atoms with E-state index >= 15 is 0 Å². The average Bonchev–Trinajstić information content (AvgIpc) is 2.56. The molecule has 1 unspecified atom stereocenters. The van der Waals surface area contributed by atoms with Crippen LogP contribution in [0.1, 0.15) is 37.2 Å². The van der Waals surface area contributed by atoms with E-state index in [-0.39, 0.29) is 6.10 Å². The van der Waals surface area contributed by atoms with E-state index in [4.69, 9.17) is 4.74 Å². The van der Waals surface area contributed by atoms with Crippen LogP contribution in [0.25, 0.3) is 0 Å². The van der Waals surface area contributed by atoms with Gasteiger partial charge in [-0.15, -0.1) is 0 Å². The second kappa shape index (κ2) is 6.77. The molecule has 17 heavy (non-hydrogen) atoms. The highest BCUT2D eigenvalue weighted by Gasteiger charge is 2.12. The molecule has 0 spiro atoms. The zero-order valence-corrected chi connectivity index (χ0v) is 11.7. The molecule has 0 aliphatic rings. The fourth-order valence-corrected chi connectivity index (χ4v) is 1.88. The third-order valence-corrected chi connectivity index (χ3v) is 3.09. The number of aryl methyl sites for hydroxylation is 1. The van der Waals surface area contributed by atoms with Crippen LogP contribution in [0.15, 0.2) is 0 Å². The Hall–Kier alpha value is -0.870. The fourth-order valence-electron chi connectivity index (χ4n) is 1.88. The Morgan fingerprint density at radius 1 is 1.41 bits per heavy atom.